The largest absolute Gasteiger partial charge is 0.497 e. The van der Waals surface area contributed by atoms with Crippen molar-refractivity contribution < 1.29 is 14.3 Å². The maximum Gasteiger partial charge on any atom is 0.226 e. The third kappa shape index (κ3) is 4.27. The van der Waals surface area contributed by atoms with Crippen molar-refractivity contribution in [3.63, 3.8) is 0 Å². The van der Waals surface area contributed by atoms with Gasteiger partial charge in [-0.15, -0.1) is 0 Å². The molecule has 1 aliphatic heterocycles. The zero-order valence-corrected chi connectivity index (χ0v) is 14.5. The first-order valence-corrected chi connectivity index (χ1v) is 8.67. The lowest BCUT2D eigenvalue weighted by Crippen LogP contribution is -2.41. The molecule has 0 radical (unpaired) electrons. The van der Waals surface area contributed by atoms with Crippen LogP contribution in [0.15, 0.2) is 54.6 Å². The molecule has 25 heavy (non-hydrogen) atoms. The second-order valence-corrected chi connectivity index (χ2v) is 6.41. The van der Waals surface area contributed by atoms with Crippen molar-refractivity contribution in [2.45, 2.75) is 19.3 Å². The first-order valence-electron chi connectivity index (χ1n) is 8.67. The summed E-state index contributed by atoms with van der Waals surface area (Å²) in [4.78, 5) is 26.9. The topological polar surface area (TPSA) is 46.6 Å². The molecule has 1 heterocycles. The summed E-state index contributed by atoms with van der Waals surface area (Å²) in [6, 6.07) is 17.0. The van der Waals surface area contributed by atoms with Crippen LogP contribution >= 0.6 is 0 Å². The van der Waals surface area contributed by atoms with Gasteiger partial charge in [-0.2, -0.15) is 0 Å². The van der Waals surface area contributed by atoms with Crippen molar-refractivity contribution in [1.82, 2.24) is 4.90 Å². The Balaban J connectivity index is 1.53. The molecule has 0 unspecified atom stereocenters. The lowest BCUT2D eigenvalue weighted by atomic mass is 9.88. The van der Waals surface area contributed by atoms with E-state index in [-0.39, 0.29) is 17.6 Å². The molecule has 4 heteroatoms. The molecule has 0 N–H and O–H groups in total. The fourth-order valence-corrected chi connectivity index (χ4v) is 3.26. The van der Waals surface area contributed by atoms with Crippen LogP contribution in [0.4, 0.5) is 0 Å². The smallest absolute Gasteiger partial charge is 0.226 e. The average Bonchev–Trinajstić information content (AvgIpc) is 2.69. The molecule has 0 aromatic heterocycles. The second-order valence-electron chi connectivity index (χ2n) is 6.41. The summed E-state index contributed by atoms with van der Waals surface area (Å²) in [7, 11) is 1.63. The van der Waals surface area contributed by atoms with Crippen molar-refractivity contribution in [3.05, 3.63) is 65.7 Å². The van der Waals surface area contributed by atoms with Gasteiger partial charge in [0.25, 0.3) is 0 Å². The van der Waals surface area contributed by atoms with E-state index in [1.165, 1.54) is 0 Å². The van der Waals surface area contributed by atoms with E-state index in [1.807, 2.05) is 59.5 Å². The number of Topliss-reactive ketones (excluding diaryl/α,β-unsaturated/α-hetero) is 1. The van der Waals surface area contributed by atoms with Gasteiger partial charge in [0.2, 0.25) is 5.91 Å². The number of benzene rings is 2. The first-order chi connectivity index (χ1) is 12.2. The second kappa shape index (κ2) is 7.97. The van der Waals surface area contributed by atoms with Crippen LogP contribution in [0.1, 0.15) is 28.8 Å². The van der Waals surface area contributed by atoms with Crippen molar-refractivity contribution in [1.29, 1.82) is 0 Å². The number of carbonyl (C=O) groups is 2. The molecule has 1 amide bonds. The predicted molar refractivity (Wildman–Crippen MR) is 96.8 cm³/mol. The average molecular weight is 337 g/mol. The van der Waals surface area contributed by atoms with Gasteiger partial charge >= 0.3 is 0 Å². The highest BCUT2D eigenvalue weighted by Crippen LogP contribution is 2.22. The maximum atomic E-state index is 12.5. The minimum Gasteiger partial charge on any atom is -0.497 e. The number of amides is 1. The van der Waals surface area contributed by atoms with E-state index in [9.17, 15) is 9.59 Å². The summed E-state index contributed by atoms with van der Waals surface area (Å²) in [5.74, 6) is 1.13. The Morgan fingerprint density at radius 3 is 2.24 bits per heavy atom. The lowest BCUT2D eigenvalue weighted by molar-refractivity contribution is -0.131. The van der Waals surface area contributed by atoms with Gasteiger partial charge in [-0.3, -0.25) is 9.59 Å². The predicted octanol–water partition coefficient (Wildman–Crippen LogP) is 3.36. The van der Waals surface area contributed by atoms with E-state index < -0.39 is 0 Å². The molecule has 3 rings (SSSR count). The third-order valence-corrected chi connectivity index (χ3v) is 4.79. The van der Waals surface area contributed by atoms with Crippen LogP contribution in [0.2, 0.25) is 0 Å². The molecule has 2 aromatic rings. The van der Waals surface area contributed by atoms with Gasteiger partial charge in [0.1, 0.15) is 5.75 Å². The molecule has 1 aliphatic rings. The molecule has 0 saturated carbocycles. The van der Waals surface area contributed by atoms with E-state index in [0.717, 1.165) is 29.7 Å². The minimum atomic E-state index is 0.0208. The van der Waals surface area contributed by atoms with Crippen molar-refractivity contribution in [2.24, 2.45) is 5.92 Å². The summed E-state index contributed by atoms with van der Waals surface area (Å²) in [5, 5.41) is 0. The summed E-state index contributed by atoms with van der Waals surface area (Å²) in [6.07, 6.45) is 1.87. The Hall–Kier alpha value is -2.62. The van der Waals surface area contributed by atoms with Gasteiger partial charge in [-0.1, -0.05) is 42.5 Å². The molecule has 0 atom stereocenters. The Labute approximate surface area is 148 Å². The molecule has 0 bridgehead atoms. The van der Waals surface area contributed by atoms with Gasteiger partial charge in [-0.05, 0) is 30.5 Å². The highest BCUT2D eigenvalue weighted by molar-refractivity contribution is 5.98. The van der Waals surface area contributed by atoms with Crippen LogP contribution in [-0.2, 0) is 11.2 Å². The summed E-state index contributed by atoms with van der Waals surface area (Å²) in [6.45, 7) is 1.30. The van der Waals surface area contributed by atoms with Gasteiger partial charge in [-0.25, -0.2) is 0 Å². The van der Waals surface area contributed by atoms with Crippen LogP contribution in [0, 0.1) is 5.92 Å². The number of rotatable bonds is 5. The third-order valence-electron chi connectivity index (χ3n) is 4.79. The molecule has 1 fully saturated rings. The fraction of sp³-hybridized carbons (Fsp3) is 0.333. The van der Waals surface area contributed by atoms with E-state index in [1.54, 1.807) is 7.11 Å². The molecule has 0 aliphatic carbocycles. The van der Waals surface area contributed by atoms with E-state index >= 15 is 0 Å². The number of ketones is 1. The van der Waals surface area contributed by atoms with Crippen LogP contribution < -0.4 is 4.74 Å². The number of ether oxygens (including phenoxy) is 1. The highest BCUT2D eigenvalue weighted by atomic mass is 16.5. The minimum absolute atomic E-state index is 0.0208. The molecule has 130 valence electrons. The van der Waals surface area contributed by atoms with Gasteiger partial charge in [0.15, 0.2) is 5.78 Å². The van der Waals surface area contributed by atoms with Gasteiger partial charge < -0.3 is 9.64 Å². The van der Waals surface area contributed by atoms with Crippen LogP contribution in [0.25, 0.3) is 0 Å². The summed E-state index contributed by atoms with van der Waals surface area (Å²) in [5.41, 5.74) is 1.75. The molecule has 2 aromatic carbocycles. The number of carbonyl (C=O) groups excluding carboxylic acids is 2. The number of piperidine rings is 1. The standard InChI is InChI=1S/C21H23NO3/c1-25-19-9-7-16(8-10-19)15-20(23)22-13-11-18(12-14-22)21(24)17-5-3-2-4-6-17/h2-10,18H,11-15H2,1H3. The first kappa shape index (κ1) is 17.2. The number of nitrogens with zero attached hydrogens (tertiary/aromatic N) is 1. The van der Waals surface area contributed by atoms with Crippen molar-refractivity contribution in [3.8, 4) is 5.75 Å². The van der Waals surface area contributed by atoms with Crippen molar-refractivity contribution >= 4 is 11.7 Å². The Bertz CT molecular complexity index is 717. The van der Waals surface area contributed by atoms with E-state index in [4.69, 9.17) is 4.74 Å². The van der Waals surface area contributed by atoms with Gasteiger partial charge in [0.05, 0.1) is 13.5 Å². The quantitative estimate of drug-likeness (QED) is 0.786. The molecular weight excluding hydrogens is 314 g/mol. The normalized spacial score (nSPS) is 15.0. The number of likely N-dealkylation sites (tertiary alicyclic amines) is 1. The molecule has 0 spiro atoms. The Kier molecular flexibility index (Phi) is 5.49. The maximum absolute atomic E-state index is 12.5. The fourth-order valence-electron chi connectivity index (χ4n) is 3.26. The monoisotopic (exact) mass is 337 g/mol. The zero-order valence-electron chi connectivity index (χ0n) is 14.5. The van der Waals surface area contributed by atoms with Crippen molar-refractivity contribution in [2.75, 3.05) is 20.2 Å². The van der Waals surface area contributed by atoms with Gasteiger partial charge in [0, 0.05) is 24.6 Å². The number of hydrogen-bond donors (Lipinski definition) is 0. The summed E-state index contributed by atoms with van der Waals surface area (Å²) < 4.78 is 5.13. The molecule has 4 nitrogen and oxygen atoms in total. The SMILES string of the molecule is COc1ccc(CC(=O)N2CCC(C(=O)c3ccccc3)CC2)cc1. The Morgan fingerprint density at radius 1 is 1.00 bits per heavy atom. The zero-order chi connectivity index (χ0) is 17.6. The molecule has 1 saturated heterocycles. The van der Waals surface area contributed by atoms with Crippen LogP contribution in [0.5, 0.6) is 5.75 Å². The van der Waals surface area contributed by atoms with E-state index in [2.05, 4.69) is 0 Å². The lowest BCUT2D eigenvalue weighted by Gasteiger charge is -2.31. The number of methoxy groups -OCH3 is 1. The number of hydrogen-bond acceptors (Lipinski definition) is 3. The Morgan fingerprint density at radius 2 is 1.64 bits per heavy atom. The van der Waals surface area contributed by atoms with Crippen LogP contribution in [0.3, 0.4) is 0 Å². The molecular formula is C21H23NO3. The van der Waals surface area contributed by atoms with E-state index in [0.29, 0.717) is 19.5 Å². The summed E-state index contributed by atoms with van der Waals surface area (Å²) >= 11 is 0. The van der Waals surface area contributed by atoms with Crippen LogP contribution in [-0.4, -0.2) is 36.8 Å². The highest BCUT2D eigenvalue weighted by Gasteiger charge is 2.27.